The van der Waals surface area contributed by atoms with Gasteiger partial charge in [-0.3, -0.25) is 4.79 Å². The predicted octanol–water partition coefficient (Wildman–Crippen LogP) is 2.41. The van der Waals surface area contributed by atoms with Crippen LogP contribution in [0.5, 0.6) is 11.8 Å². The number of rotatable bonds is 4. The van der Waals surface area contributed by atoms with Crippen LogP contribution in [-0.4, -0.2) is 47.1 Å². The molecule has 0 aliphatic carbocycles. The fourth-order valence-corrected chi connectivity index (χ4v) is 3.33. The number of likely N-dealkylation sites (tertiary alicyclic amines) is 1. The van der Waals surface area contributed by atoms with Crippen LogP contribution in [0.25, 0.3) is 11.0 Å². The molecule has 3 heterocycles. The van der Waals surface area contributed by atoms with E-state index in [2.05, 4.69) is 9.97 Å². The van der Waals surface area contributed by atoms with E-state index in [1.165, 1.54) is 18.1 Å². The third-order valence-corrected chi connectivity index (χ3v) is 4.71. The van der Waals surface area contributed by atoms with E-state index in [0.717, 1.165) is 12.4 Å². The maximum atomic E-state index is 13.0. The summed E-state index contributed by atoms with van der Waals surface area (Å²) in [6, 6.07) is 6.73. The average molecular weight is 399 g/mol. The highest BCUT2D eigenvalue weighted by Gasteiger charge is 2.28. The summed E-state index contributed by atoms with van der Waals surface area (Å²) < 4.78 is 29.1. The molecule has 29 heavy (non-hydrogen) atoms. The van der Waals surface area contributed by atoms with Gasteiger partial charge >= 0.3 is 11.6 Å². The quantitative estimate of drug-likeness (QED) is 0.622. The van der Waals surface area contributed by atoms with Gasteiger partial charge in [-0.05, 0) is 25.0 Å². The van der Waals surface area contributed by atoms with Crippen LogP contribution in [0.4, 0.5) is 4.39 Å². The van der Waals surface area contributed by atoms with Crippen molar-refractivity contribution < 1.29 is 23.1 Å². The molecule has 3 aromatic rings. The van der Waals surface area contributed by atoms with Gasteiger partial charge in [0.05, 0.1) is 26.0 Å². The van der Waals surface area contributed by atoms with Crippen molar-refractivity contribution in [2.75, 3.05) is 20.2 Å². The van der Waals surface area contributed by atoms with Crippen LogP contribution < -0.4 is 15.1 Å². The van der Waals surface area contributed by atoms with Crippen molar-refractivity contribution in [2.24, 2.45) is 0 Å². The Hall–Kier alpha value is -3.49. The highest BCUT2D eigenvalue weighted by Crippen LogP contribution is 2.25. The molecule has 150 valence electrons. The molecular weight excluding hydrogens is 381 g/mol. The molecule has 0 spiro atoms. The smallest absolute Gasteiger partial charge is 0.349 e. The monoisotopic (exact) mass is 399 g/mol. The van der Waals surface area contributed by atoms with Gasteiger partial charge in [-0.1, -0.05) is 12.1 Å². The highest BCUT2D eigenvalue weighted by atomic mass is 19.1. The molecule has 0 bridgehead atoms. The number of carbonyl (C=O) groups is 1. The highest BCUT2D eigenvalue weighted by molar-refractivity contribution is 5.97. The maximum Gasteiger partial charge on any atom is 0.349 e. The molecule has 9 heteroatoms. The Kier molecular flexibility index (Phi) is 5.11. The fourth-order valence-electron chi connectivity index (χ4n) is 3.33. The molecule has 0 saturated carbocycles. The lowest BCUT2D eigenvalue weighted by Gasteiger charge is -2.32. The number of fused-ring (bicyclic) bond motifs is 1. The van der Waals surface area contributed by atoms with E-state index in [1.807, 2.05) is 0 Å². The first kappa shape index (κ1) is 18.9. The van der Waals surface area contributed by atoms with Crippen molar-refractivity contribution in [1.82, 2.24) is 14.9 Å². The molecule has 8 nitrogen and oxygen atoms in total. The van der Waals surface area contributed by atoms with E-state index in [1.54, 1.807) is 18.2 Å². The Bertz CT molecular complexity index is 1100. The molecular formula is C20H18FN3O5. The maximum absolute atomic E-state index is 13.0. The number of amides is 1. The number of piperidine rings is 1. The third kappa shape index (κ3) is 3.89. The zero-order valence-corrected chi connectivity index (χ0v) is 15.6. The Labute approximate surface area is 164 Å². The molecule has 1 aliphatic heterocycles. The minimum atomic E-state index is -0.725. The summed E-state index contributed by atoms with van der Waals surface area (Å²) in [5.41, 5.74) is -0.480. The Morgan fingerprint density at radius 3 is 2.86 bits per heavy atom. The van der Waals surface area contributed by atoms with Crippen molar-refractivity contribution in [1.29, 1.82) is 0 Å². The van der Waals surface area contributed by atoms with Gasteiger partial charge in [0, 0.05) is 11.9 Å². The van der Waals surface area contributed by atoms with Gasteiger partial charge in [-0.2, -0.15) is 0 Å². The number of benzene rings is 1. The van der Waals surface area contributed by atoms with Crippen LogP contribution in [0.1, 0.15) is 23.2 Å². The van der Waals surface area contributed by atoms with Crippen molar-refractivity contribution in [3.8, 4) is 11.8 Å². The van der Waals surface area contributed by atoms with Gasteiger partial charge in [-0.25, -0.2) is 19.2 Å². The molecule has 0 N–H and O–H groups in total. The molecule has 2 aromatic heterocycles. The number of para-hydroxylation sites is 1. The predicted molar refractivity (Wildman–Crippen MR) is 101 cm³/mol. The Morgan fingerprint density at radius 1 is 1.31 bits per heavy atom. The van der Waals surface area contributed by atoms with Crippen molar-refractivity contribution in [3.63, 3.8) is 0 Å². The average Bonchev–Trinajstić information content (AvgIpc) is 2.74. The lowest BCUT2D eigenvalue weighted by Crippen LogP contribution is -2.45. The van der Waals surface area contributed by atoms with Crippen LogP contribution in [0, 0.1) is 5.82 Å². The summed E-state index contributed by atoms with van der Waals surface area (Å²) in [4.78, 5) is 34.5. The summed E-state index contributed by atoms with van der Waals surface area (Å²) in [5, 5.41) is 0.594. The summed E-state index contributed by atoms with van der Waals surface area (Å²) in [6.07, 6.45) is 3.05. The van der Waals surface area contributed by atoms with E-state index < -0.39 is 17.3 Å². The summed E-state index contributed by atoms with van der Waals surface area (Å²) in [5.74, 6) is -0.571. The summed E-state index contributed by atoms with van der Waals surface area (Å²) >= 11 is 0. The second-order valence-corrected chi connectivity index (χ2v) is 6.64. The first-order chi connectivity index (χ1) is 14.0. The van der Waals surface area contributed by atoms with Crippen LogP contribution in [0.2, 0.25) is 0 Å². The number of ether oxygens (including phenoxy) is 2. The molecule has 1 unspecified atom stereocenters. The van der Waals surface area contributed by atoms with Crippen LogP contribution in [-0.2, 0) is 0 Å². The van der Waals surface area contributed by atoms with Gasteiger partial charge in [-0.15, -0.1) is 0 Å². The van der Waals surface area contributed by atoms with E-state index in [-0.39, 0.29) is 24.2 Å². The molecule has 1 atom stereocenters. The SMILES string of the molecule is COc1cccc2cc(C(=O)N3CCCC(Oc4ncc(F)cn4)C3)c(=O)oc12. The molecule has 0 radical (unpaired) electrons. The normalized spacial score (nSPS) is 16.6. The van der Waals surface area contributed by atoms with E-state index in [0.29, 0.717) is 36.1 Å². The lowest BCUT2D eigenvalue weighted by atomic mass is 10.1. The third-order valence-electron chi connectivity index (χ3n) is 4.71. The number of nitrogens with zero attached hydrogens (tertiary/aromatic N) is 3. The van der Waals surface area contributed by atoms with Gasteiger partial charge < -0.3 is 18.8 Å². The fraction of sp³-hybridized carbons (Fsp3) is 0.300. The number of hydrogen-bond acceptors (Lipinski definition) is 7. The van der Waals surface area contributed by atoms with Crippen LogP contribution in [0.15, 0.2) is 45.9 Å². The Morgan fingerprint density at radius 2 is 2.10 bits per heavy atom. The number of hydrogen-bond donors (Lipinski definition) is 0. The second kappa shape index (κ2) is 7.86. The lowest BCUT2D eigenvalue weighted by molar-refractivity contribution is 0.0512. The van der Waals surface area contributed by atoms with Gasteiger partial charge in [0.15, 0.2) is 17.1 Å². The molecule has 4 rings (SSSR count). The van der Waals surface area contributed by atoms with Crippen molar-refractivity contribution in [3.05, 3.63) is 58.5 Å². The summed E-state index contributed by atoms with van der Waals surface area (Å²) in [6.45, 7) is 0.744. The molecule has 1 aromatic carbocycles. The van der Waals surface area contributed by atoms with Crippen molar-refractivity contribution >= 4 is 16.9 Å². The first-order valence-electron chi connectivity index (χ1n) is 9.09. The minimum absolute atomic E-state index is 0.0445. The topological polar surface area (TPSA) is 94.8 Å². The van der Waals surface area contributed by atoms with Crippen molar-refractivity contribution in [2.45, 2.75) is 18.9 Å². The number of halogens is 1. The van der Waals surface area contributed by atoms with Gasteiger partial charge in [0.25, 0.3) is 5.91 Å². The zero-order chi connectivity index (χ0) is 20.4. The van der Waals surface area contributed by atoms with Gasteiger partial charge in [0.2, 0.25) is 0 Å². The van der Waals surface area contributed by atoms with E-state index >= 15 is 0 Å². The minimum Gasteiger partial charge on any atom is -0.493 e. The zero-order valence-electron chi connectivity index (χ0n) is 15.6. The van der Waals surface area contributed by atoms with Crippen LogP contribution in [0.3, 0.4) is 0 Å². The number of carbonyl (C=O) groups excluding carboxylic acids is 1. The molecule has 1 saturated heterocycles. The Balaban J connectivity index is 1.55. The number of aromatic nitrogens is 2. The molecule has 1 amide bonds. The van der Waals surface area contributed by atoms with Gasteiger partial charge in [0.1, 0.15) is 11.7 Å². The van der Waals surface area contributed by atoms with Crippen LogP contribution >= 0.6 is 0 Å². The second-order valence-electron chi connectivity index (χ2n) is 6.64. The number of methoxy groups -OCH3 is 1. The first-order valence-corrected chi connectivity index (χ1v) is 9.09. The largest absolute Gasteiger partial charge is 0.493 e. The summed E-state index contributed by atoms with van der Waals surface area (Å²) in [7, 11) is 1.48. The standard InChI is InChI=1S/C20H18FN3O5/c1-27-16-6-2-4-12-8-15(19(26)29-17(12)16)18(25)24-7-3-5-14(11-24)28-20-22-9-13(21)10-23-20/h2,4,6,8-10,14H,3,5,7,11H2,1H3. The molecule has 1 fully saturated rings. The molecule has 1 aliphatic rings. The van der Waals surface area contributed by atoms with E-state index in [9.17, 15) is 14.0 Å². The van der Waals surface area contributed by atoms with E-state index in [4.69, 9.17) is 13.9 Å².